The number of amides is 1. The van der Waals surface area contributed by atoms with E-state index in [0.717, 1.165) is 6.42 Å². The lowest BCUT2D eigenvalue weighted by Crippen LogP contribution is -2.70. The first-order valence-corrected chi connectivity index (χ1v) is 11.5. The van der Waals surface area contributed by atoms with Gasteiger partial charge in [0.25, 0.3) is 0 Å². The minimum atomic E-state index is -0.685. The third-order valence-electron chi connectivity index (χ3n) is 5.23. The Morgan fingerprint density at radius 3 is 2.52 bits per heavy atom. The Morgan fingerprint density at radius 1 is 1.26 bits per heavy atom. The molecule has 0 aromatic carbocycles. The van der Waals surface area contributed by atoms with Gasteiger partial charge >= 0.3 is 6.09 Å². The second-order valence-corrected chi connectivity index (χ2v) is 9.67. The third kappa shape index (κ3) is 3.99. The zero-order chi connectivity index (χ0) is 22.5. The first-order chi connectivity index (χ1) is 14.6. The molecule has 0 spiro atoms. The Hall–Kier alpha value is -2.31. The van der Waals surface area contributed by atoms with E-state index in [0.29, 0.717) is 35.1 Å². The van der Waals surface area contributed by atoms with Crippen molar-refractivity contribution in [1.29, 1.82) is 0 Å². The van der Waals surface area contributed by atoms with E-state index in [1.807, 2.05) is 27.0 Å². The zero-order valence-electron chi connectivity index (χ0n) is 18.0. The number of aromatic nitrogens is 3. The van der Waals surface area contributed by atoms with Crippen LogP contribution in [0.15, 0.2) is 5.16 Å². The van der Waals surface area contributed by atoms with Crippen LogP contribution in [0.25, 0.3) is 10.9 Å². The van der Waals surface area contributed by atoms with Crippen LogP contribution in [0.1, 0.15) is 39.8 Å². The lowest BCUT2D eigenvalue weighted by atomic mass is 9.88. The number of anilines is 1. The molecule has 2 aromatic rings. The third-order valence-corrected chi connectivity index (χ3v) is 6.03. The van der Waals surface area contributed by atoms with E-state index in [1.165, 1.54) is 11.8 Å². The predicted octanol–water partition coefficient (Wildman–Crippen LogP) is 4.11. The van der Waals surface area contributed by atoms with Gasteiger partial charge in [-0.2, -0.15) is 0 Å². The number of pyridine rings is 1. The molecule has 5 rings (SSSR count). The van der Waals surface area contributed by atoms with Crippen molar-refractivity contribution in [3.8, 4) is 11.8 Å². The smallest absolute Gasteiger partial charge is 0.410 e. The van der Waals surface area contributed by atoms with E-state index in [1.54, 1.807) is 11.8 Å². The molecule has 10 heteroatoms. The van der Waals surface area contributed by atoms with Gasteiger partial charge in [0.05, 0.1) is 17.5 Å². The SMILES string of the molecule is CC#Cc1nc(Cl)c(F)c2nc(SC)nc(N3CC4CC(C3)N4C(=O)OC(C)(C)C)c12. The van der Waals surface area contributed by atoms with Crippen LogP contribution < -0.4 is 4.90 Å². The largest absolute Gasteiger partial charge is 0.444 e. The molecule has 2 bridgehead atoms. The summed E-state index contributed by atoms with van der Waals surface area (Å²) in [7, 11) is 0. The van der Waals surface area contributed by atoms with Crippen molar-refractivity contribution < 1.29 is 13.9 Å². The van der Waals surface area contributed by atoms with Crippen molar-refractivity contribution in [2.24, 2.45) is 0 Å². The number of carbonyl (C=O) groups is 1. The van der Waals surface area contributed by atoms with Crippen molar-refractivity contribution in [3.05, 3.63) is 16.7 Å². The molecule has 2 atom stereocenters. The normalized spacial score (nSPS) is 20.2. The summed E-state index contributed by atoms with van der Waals surface area (Å²) < 4.78 is 20.4. The molecule has 0 N–H and O–H groups in total. The van der Waals surface area contributed by atoms with E-state index in [-0.39, 0.29) is 28.8 Å². The number of ether oxygens (including phenoxy) is 1. The number of hydrogen-bond donors (Lipinski definition) is 0. The number of carbonyl (C=O) groups excluding carboxylic acids is 1. The maximum Gasteiger partial charge on any atom is 0.410 e. The van der Waals surface area contributed by atoms with Gasteiger partial charge in [0.1, 0.15) is 22.6 Å². The maximum atomic E-state index is 14.9. The van der Waals surface area contributed by atoms with Crippen molar-refractivity contribution in [3.63, 3.8) is 0 Å². The van der Waals surface area contributed by atoms with Crippen LogP contribution in [-0.4, -0.2) is 63.0 Å². The summed E-state index contributed by atoms with van der Waals surface area (Å²) >= 11 is 7.33. The van der Waals surface area contributed by atoms with Crippen molar-refractivity contribution in [2.45, 2.75) is 57.0 Å². The highest BCUT2D eigenvalue weighted by molar-refractivity contribution is 7.98. The van der Waals surface area contributed by atoms with Gasteiger partial charge in [0.15, 0.2) is 16.1 Å². The summed E-state index contributed by atoms with van der Waals surface area (Å²) in [6.07, 6.45) is 2.42. The molecule has 5 heterocycles. The Balaban J connectivity index is 1.73. The number of hydrogen-bond acceptors (Lipinski definition) is 7. The van der Waals surface area contributed by atoms with E-state index in [2.05, 4.69) is 31.7 Å². The second kappa shape index (κ2) is 7.99. The summed E-state index contributed by atoms with van der Waals surface area (Å²) in [5, 5.41) is 0.612. The van der Waals surface area contributed by atoms with Crippen LogP contribution in [0, 0.1) is 17.7 Å². The van der Waals surface area contributed by atoms with E-state index >= 15 is 0 Å². The van der Waals surface area contributed by atoms with Crippen LogP contribution in [0.5, 0.6) is 0 Å². The Kier molecular flexibility index (Phi) is 5.64. The highest BCUT2D eigenvalue weighted by Gasteiger charge is 2.49. The van der Waals surface area contributed by atoms with Crippen molar-refractivity contribution in [1.82, 2.24) is 19.9 Å². The van der Waals surface area contributed by atoms with Crippen molar-refractivity contribution >= 4 is 46.2 Å². The number of piperazine rings is 1. The fraction of sp³-hybridized carbons (Fsp3) is 0.524. The van der Waals surface area contributed by atoms with Crippen LogP contribution in [0.2, 0.25) is 5.15 Å². The molecule has 3 fully saturated rings. The Labute approximate surface area is 189 Å². The van der Waals surface area contributed by atoms with Gasteiger partial charge in [0.2, 0.25) is 0 Å². The highest BCUT2D eigenvalue weighted by Crippen LogP contribution is 2.39. The second-order valence-electron chi connectivity index (χ2n) is 8.53. The molecule has 1 amide bonds. The maximum absolute atomic E-state index is 14.9. The van der Waals surface area contributed by atoms with Crippen molar-refractivity contribution in [2.75, 3.05) is 24.2 Å². The minimum Gasteiger partial charge on any atom is -0.444 e. The monoisotopic (exact) mass is 463 g/mol. The Bertz CT molecular complexity index is 1110. The van der Waals surface area contributed by atoms with Gasteiger partial charge in [-0.3, -0.25) is 4.90 Å². The van der Waals surface area contributed by atoms with Gasteiger partial charge in [0, 0.05) is 13.1 Å². The average molecular weight is 464 g/mol. The lowest BCUT2D eigenvalue weighted by molar-refractivity contribution is -0.0380. The molecular weight excluding hydrogens is 441 g/mol. The molecule has 3 aliphatic heterocycles. The number of rotatable bonds is 2. The molecule has 3 saturated heterocycles. The minimum absolute atomic E-state index is 0.00200. The summed E-state index contributed by atoms with van der Waals surface area (Å²) in [5.74, 6) is 5.58. The summed E-state index contributed by atoms with van der Waals surface area (Å²) in [4.78, 5) is 29.6. The van der Waals surface area contributed by atoms with Gasteiger partial charge in [-0.1, -0.05) is 29.3 Å². The van der Waals surface area contributed by atoms with E-state index in [4.69, 9.17) is 16.3 Å². The topological polar surface area (TPSA) is 71.5 Å². The summed E-state index contributed by atoms with van der Waals surface area (Å²) in [5.41, 5.74) is -0.0995. The lowest BCUT2D eigenvalue weighted by Gasteiger charge is -2.56. The molecule has 164 valence electrons. The number of nitrogens with zero attached hydrogens (tertiary/aromatic N) is 5. The summed E-state index contributed by atoms with van der Waals surface area (Å²) in [6, 6.07) is 0.00400. The van der Waals surface area contributed by atoms with Crippen LogP contribution >= 0.6 is 23.4 Å². The zero-order valence-corrected chi connectivity index (χ0v) is 19.6. The number of fused-ring (bicyclic) bond motifs is 3. The average Bonchev–Trinajstić information content (AvgIpc) is 2.69. The van der Waals surface area contributed by atoms with E-state index in [9.17, 15) is 9.18 Å². The number of thioether (sulfide) groups is 1. The van der Waals surface area contributed by atoms with E-state index < -0.39 is 11.4 Å². The molecular formula is C21H23ClFN5O2S. The summed E-state index contributed by atoms with van der Waals surface area (Å²) in [6.45, 7) is 8.35. The molecule has 7 nitrogen and oxygen atoms in total. The van der Waals surface area contributed by atoms with Gasteiger partial charge < -0.3 is 9.64 Å². The van der Waals surface area contributed by atoms with Gasteiger partial charge in [-0.15, -0.1) is 0 Å². The molecule has 0 radical (unpaired) electrons. The first kappa shape index (κ1) is 21.9. The van der Waals surface area contributed by atoms with Crippen LogP contribution in [0.3, 0.4) is 0 Å². The molecule has 0 saturated carbocycles. The molecule has 3 aliphatic rings. The molecule has 2 aromatic heterocycles. The highest BCUT2D eigenvalue weighted by atomic mass is 35.5. The number of piperidine rings is 1. The standard InChI is InChI=1S/C21H23ClFN5O2S/c1-6-7-13-14-16(15(23)17(22)24-13)25-19(31-5)26-18(14)27-9-11-8-12(10-27)28(11)20(29)30-21(2,3)4/h11-12H,8-10H2,1-5H3. The van der Waals surface area contributed by atoms with Gasteiger partial charge in [-0.05, 0) is 46.3 Å². The fourth-order valence-electron chi connectivity index (χ4n) is 4.03. The first-order valence-electron chi connectivity index (χ1n) is 9.92. The Morgan fingerprint density at radius 2 is 1.94 bits per heavy atom. The quantitative estimate of drug-likeness (QED) is 0.287. The molecule has 0 aliphatic carbocycles. The number of halogens is 2. The fourth-order valence-corrected chi connectivity index (χ4v) is 4.57. The molecule has 2 unspecified atom stereocenters. The van der Waals surface area contributed by atoms with Crippen LogP contribution in [0.4, 0.5) is 15.0 Å². The van der Waals surface area contributed by atoms with Crippen LogP contribution in [-0.2, 0) is 4.74 Å². The molecule has 31 heavy (non-hydrogen) atoms. The predicted molar refractivity (Wildman–Crippen MR) is 119 cm³/mol. The van der Waals surface area contributed by atoms with Gasteiger partial charge in [-0.25, -0.2) is 24.1 Å².